The quantitative estimate of drug-likeness (QED) is 0.530. The molecule has 2 saturated carbocycles. The highest BCUT2D eigenvalue weighted by atomic mass is 14.5. The Labute approximate surface area is 69.7 Å². The van der Waals surface area contributed by atoms with E-state index in [9.17, 15) is 0 Å². The summed E-state index contributed by atoms with van der Waals surface area (Å²) in [6.45, 7) is 6.29. The number of hydrogen-bond donors (Lipinski definition) is 0. The van der Waals surface area contributed by atoms with Crippen LogP contribution in [0.1, 0.15) is 32.6 Å². The van der Waals surface area contributed by atoms with Crippen LogP contribution in [0.5, 0.6) is 0 Å². The minimum absolute atomic E-state index is 0.874. The smallest absolute Gasteiger partial charge is 0.0177 e. The van der Waals surface area contributed by atoms with E-state index in [0.717, 1.165) is 23.7 Å². The molecule has 0 amide bonds. The van der Waals surface area contributed by atoms with Gasteiger partial charge in [-0.1, -0.05) is 19.4 Å². The second-order valence-electron chi connectivity index (χ2n) is 4.22. The Kier molecular flexibility index (Phi) is 1.78. The lowest BCUT2D eigenvalue weighted by molar-refractivity contribution is 0.259. The second kappa shape index (κ2) is 2.66. The molecule has 0 saturated heterocycles. The van der Waals surface area contributed by atoms with E-state index in [4.69, 9.17) is 0 Å². The summed E-state index contributed by atoms with van der Waals surface area (Å²) in [6, 6.07) is 0. The maximum atomic E-state index is 3.96. The molecular formula is C11H18. The molecule has 0 N–H and O–H groups in total. The van der Waals surface area contributed by atoms with Crippen LogP contribution in [-0.4, -0.2) is 0 Å². The molecule has 2 fully saturated rings. The molecule has 0 spiro atoms. The molecule has 62 valence electrons. The van der Waals surface area contributed by atoms with Crippen LogP contribution in [0.4, 0.5) is 0 Å². The van der Waals surface area contributed by atoms with Crippen LogP contribution in [0.25, 0.3) is 0 Å². The predicted molar refractivity (Wildman–Crippen MR) is 48.3 cm³/mol. The Morgan fingerprint density at radius 1 is 1.36 bits per heavy atom. The van der Waals surface area contributed by atoms with Gasteiger partial charge < -0.3 is 0 Å². The zero-order valence-electron chi connectivity index (χ0n) is 7.42. The third-order valence-electron chi connectivity index (χ3n) is 3.90. The van der Waals surface area contributed by atoms with Crippen molar-refractivity contribution in [2.45, 2.75) is 32.6 Å². The fourth-order valence-corrected chi connectivity index (χ4v) is 3.43. The monoisotopic (exact) mass is 150 g/mol. The number of fused-ring (bicyclic) bond motifs is 2. The molecule has 2 bridgehead atoms. The van der Waals surface area contributed by atoms with Crippen LogP contribution >= 0.6 is 0 Å². The first-order valence-corrected chi connectivity index (χ1v) is 4.99. The Hall–Kier alpha value is -0.260. The van der Waals surface area contributed by atoms with Crippen LogP contribution in [0.3, 0.4) is 0 Å². The topological polar surface area (TPSA) is 0 Å². The summed E-state index contributed by atoms with van der Waals surface area (Å²) in [5, 5.41) is 0. The van der Waals surface area contributed by atoms with E-state index in [1.807, 2.05) is 0 Å². The highest BCUT2D eigenvalue weighted by Gasteiger charge is 2.44. The highest BCUT2D eigenvalue weighted by Crippen LogP contribution is 2.53. The average Bonchev–Trinajstić information content (AvgIpc) is 2.60. The summed E-state index contributed by atoms with van der Waals surface area (Å²) in [7, 11) is 0. The normalized spacial score (nSPS) is 48.1. The summed E-state index contributed by atoms with van der Waals surface area (Å²) in [6.07, 6.45) is 8.09. The predicted octanol–water partition coefficient (Wildman–Crippen LogP) is 3.24. The summed E-state index contributed by atoms with van der Waals surface area (Å²) >= 11 is 0. The third kappa shape index (κ3) is 0.953. The fraction of sp³-hybridized carbons (Fsp3) is 0.818. The van der Waals surface area contributed by atoms with E-state index in [-0.39, 0.29) is 0 Å². The molecule has 0 radical (unpaired) electrons. The van der Waals surface area contributed by atoms with Gasteiger partial charge in [0.2, 0.25) is 0 Å². The van der Waals surface area contributed by atoms with Crippen molar-refractivity contribution < 1.29 is 0 Å². The van der Waals surface area contributed by atoms with Crippen LogP contribution in [0.15, 0.2) is 12.7 Å². The van der Waals surface area contributed by atoms with Crippen molar-refractivity contribution in [2.75, 3.05) is 0 Å². The lowest BCUT2D eigenvalue weighted by Crippen LogP contribution is -2.19. The zero-order chi connectivity index (χ0) is 7.84. The summed E-state index contributed by atoms with van der Waals surface area (Å²) < 4.78 is 0. The van der Waals surface area contributed by atoms with E-state index < -0.39 is 0 Å². The minimum Gasteiger partial charge on any atom is -0.103 e. The number of hydrogen-bond acceptors (Lipinski definition) is 0. The van der Waals surface area contributed by atoms with Gasteiger partial charge in [-0.3, -0.25) is 0 Å². The summed E-state index contributed by atoms with van der Waals surface area (Å²) in [5.74, 6) is 3.94. The lowest BCUT2D eigenvalue weighted by atomic mass is 9.78. The third-order valence-corrected chi connectivity index (χ3v) is 3.90. The molecule has 0 aromatic carbocycles. The SMILES string of the molecule is C=CC1C2CCC(C2)C1CC. The van der Waals surface area contributed by atoms with Gasteiger partial charge in [-0.05, 0) is 42.9 Å². The maximum absolute atomic E-state index is 3.96. The number of rotatable bonds is 2. The zero-order valence-corrected chi connectivity index (χ0v) is 7.42. The van der Waals surface area contributed by atoms with Gasteiger partial charge in [0.15, 0.2) is 0 Å². The van der Waals surface area contributed by atoms with E-state index >= 15 is 0 Å². The van der Waals surface area contributed by atoms with Crippen molar-refractivity contribution in [1.82, 2.24) is 0 Å². The van der Waals surface area contributed by atoms with E-state index in [2.05, 4.69) is 19.6 Å². The molecule has 0 heterocycles. The van der Waals surface area contributed by atoms with Crippen molar-refractivity contribution in [3.63, 3.8) is 0 Å². The van der Waals surface area contributed by atoms with Crippen molar-refractivity contribution in [3.05, 3.63) is 12.7 Å². The largest absolute Gasteiger partial charge is 0.103 e. The molecule has 4 unspecified atom stereocenters. The van der Waals surface area contributed by atoms with Gasteiger partial charge in [0.05, 0.1) is 0 Å². The molecule has 0 nitrogen and oxygen atoms in total. The van der Waals surface area contributed by atoms with Gasteiger partial charge in [-0.15, -0.1) is 6.58 Å². The van der Waals surface area contributed by atoms with Gasteiger partial charge >= 0.3 is 0 Å². The molecule has 4 atom stereocenters. The molecule has 2 rings (SSSR count). The first kappa shape index (κ1) is 7.39. The van der Waals surface area contributed by atoms with Crippen molar-refractivity contribution in [3.8, 4) is 0 Å². The average molecular weight is 150 g/mol. The van der Waals surface area contributed by atoms with E-state index in [1.54, 1.807) is 0 Å². The summed E-state index contributed by atoms with van der Waals surface area (Å²) in [5.41, 5.74) is 0. The second-order valence-corrected chi connectivity index (χ2v) is 4.22. The van der Waals surface area contributed by atoms with Crippen LogP contribution in [0, 0.1) is 23.7 Å². The highest BCUT2D eigenvalue weighted by molar-refractivity contribution is 5.02. The standard InChI is InChI=1S/C11H18/c1-3-10-8-5-6-9(7-8)11(10)4-2/h3,8-11H,1,4-7H2,2H3. The Morgan fingerprint density at radius 2 is 2.09 bits per heavy atom. The Bertz CT molecular complexity index is 159. The lowest BCUT2D eigenvalue weighted by Gasteiger charge is -2.27. The van der Waals surface area contributed by atoms with E-state index in [0.29, 0.717) is 0 Å². The Balaban J connectivity index is 2.13. The fourth-order valence-electron chi connectivity index (χ4n) is 3.43. The number of allylic oxidation sites excluding steroid dienone is 1. The van der Waals surface area contributed by atoms with Gasteiger partial charge in [0.25, 0.3) is 0 Å². The first-order chi connectivity index (χ1) is 5.36. The van der Waals surface area contributed by atoms with Crippen molar-refractivity contribution in [1.29, 1.82) is 0 Å². The molecule has 2 aliphatic carbocycles. The van der Waals surface area contributed by atoms with Crippen molar-refractivity contribution in [2.24, 2.45) is 23.7 Å². The Morgan fingerprint density at radius 3 is 2.64 bits per heavy atom. The van der Waals surface area contributed by atoms with Crippen molar-refractivity contribution >= 4 is 0 Å². The molecule has 0 aromatic heterocycles. The maximum Gasteiger partial charge on any atom is -0.0177 e. The molecule has 11 heavy (non-hydrogen) atoms. The van der Waals surface area contributed by atoms with Crippen LogP contribution in [-0.2, 0) is 0 Å². The minimum atomic E-state index is 0.874. The van der Waals surface area contributed by atoms with Gasteiger partial charge in [-0.2, -0.15) is 0 Å². The molecule has 0 aliphatic heterocycles. The van der Waals surface area contributed by atoms with E-state index in [1.165, 1.54) is 25.7 Å². The molecule has 0 heteroatoms. The molecule has 2 aliphatic rings. The van der Waals surface area contributed by atoms with Crippen LogP contribution in [0.2, 0.25) is 0 Å². The molecule has 0 aromatic rings. The molecular weight excluding hydrogens is 132 g/mol. The summed E-state index contributed by atoms with van der Waals surface area (Å²) in [4.78, 5) is 0. The van der Waals surface area contributed by atoms with Crippen LogP contribution < -0.4 is 0 Å². The van der Waals surface area contributed by atoms with Gasteiger partial charge in [0, 0.05) is 0 Å². The first-order valence-electron chi connectivity index (χ1n) is 4.99. The van der Waals surface area contributed by atoms with Gasteiger partial charge in [-0.25, -0.2) is 0 Å². The van der Waals surface area contributed by atoms with Gasteiger partial charge in [0.1, 0.15) is 0 Å².